The minimum absolute atomic E-state index is 0.0143. The van der Waals surface area contributed by atoms with Crippen LogP contribution in [0, 0.1) is 0 Å². The molecule has 0 saturated carbocycles. The molecule has 0 aliphatic rings. The van der Waals surface area contributed by atoms with E-state index in [1.165, 1.54) is 0 Å². The van der Waals surface area contributed by atoms with Crippen molar-refractivity contribution in [2.45, 2.75) is 6.42 Å². The fourth-order valence-electron chi connectivity index (χ4n) is 1.86. The van der Waals surface area contributed by atoms with Crippen molar-refractivity contribution >= 4 is 40.6 Å². The van der Waals surface area contributed by atoms with Gasteiger partial charge in [0.05, 0.1) is 15.7 Å². The number of hydrogen-bond acceptors (Lipinski definition) is 2. The Morgan fingerprint density at radius 3 is 2.43 bits per heavy atom. The number of urea groups is 1. The van der Waals surface area contributed by atoms with E-state index in [4.69, 9.17) is 28.3 Å². The molecule has 2 aromatic rings. The molecular formula is C15H14Cl2N2O2. The zero-order valence-electron chi connectivity index (χ0n) is 11.1. The van der Waals surface area contributed by atoms with E-state index >= 15 is 0 Å². The molecule has 6 heteroatoms. The number of rotatable bonds is 4. The molecule has 0 radical (unpaired) electrons. The maximum Gasteiger partial charge on any atom is 0.323 e. The van der Waals surface area contributed by atoms with E-state index in [0.717, 1.165) is 5.56 Å². The average Bonchev–Trinajstić information content (AvgIpc) is 2.46. The molecule has 0 aromatic heterocycles. The van der Waals surface area contributed by atoms with Gasteiger partial charge in [-0.2, -0.15) is 0 Å². The van der Waals surface area contributed by atoms with Gasteiger partial charge in [0.15, 0.2) is 0 Å². The summed E-state index contributed by atoms with van der Waals surface area (Å²) in [6.07, 6.45) is 0.467. The lowest BCUT2D eigenvalue weighted by Crippen LogP contribution is -2.20. The van der Waals surface area contributed by atoms with Crippen molar-refractivity contribution in [3.8, 4) is 0 Å². The van der Waals surface area contributed by atoms with E-state index in [1.807, 2.05) is 18.2 Å². The molecule has 2 aromatic carbocycles. The van der Waals surface area contributed by atoms with Crippen LogP contribution >= 0.6 is 23.2 Å². The van der Waals surface area contributed by atoms with Gasteiger partial charge in [-0.3, -0.25) is 0 Å². The Kier molecular flexibility index (Phi) is 5.44. The first kappa shape index (κ1) is 15.6. The third-order valence-electron chi connectivity index (χ3n) is 2.85. The predicted molar refractivity (Wildman–Crippen MR) is 86.3 cm³/mol. The third-order valence-corrected chi connectivity index (χ3v) is 3.67. The fourth-order valence-corrected chi connectivity index (χ4v) is 2.20. The van der Waals surface area contributed by atoms with Crippen LogP contribution in [0.1, 0.15) is 5.56 Å². The summed E-state index contributed by atoms with van der Waals surface area (Å²) in [5, 5.41) is 15.0. The van der Waals surface area contributed by atoms with Gasteiger partial charge in [0.1, 0.15) is 0 Å². The second-order valence-corrected chi connectivity index (χ2v) is 5.10. The molecule has 2 rings (SSSR count). The quantitative estimate of drug-likeness (QED) is 0.790. The Morgan fingerprint density at radius 1 is 1.00 bits per heavy atom. The van der Waals surface area contributed by atoms with E-state index in [2.05, 4.69) is 10.6 Å². The van der Waals surface area contributed by atoms with Gasteiger partial charge in [-0.25, -0.2) is 4.79 Å². The summed E-state index contributed by atoms with van der Waals surface area (Å²) >= 11 is 11.9. The largest absolute Gasteiger partial charge is 0.396 e. The minimum Gasteiger partial charge on any atom is -0.396 e. The first-order valence-corrected chi connectivity index (χ1v) is 7.08. The van der Waals surface area contributed by atoms with Gasteiger partial charge >= 0.3 is 6.03 Å². The molecule has 0 saturated heterocycles. The molecule has 0 heterocycles. The van der Waals surface area contributed by atoms with E-state index in [1.54, 1.807) is 24.3 Å². The van der Waals surface area contributed by atoms with Crippen LogP contribution < -0.4 is 10.6 Å². The monoisotopic (exact) mass is 324 g/mol. The molecule has 0 atom stereocenters. The van der Waals surface area contributed by atoms with Gasteiger partial charge in [0.25, 0.3) is 0 Å². The molecule has 4 nitrogen and oxygen atoms in total. The number of carbonyl (C=O) groups excluding carboxylic acids is 1. The van der Waals surface area contributed by atoms with E-state index in [-0.39, 0.29) is 11.6 Å². The van der Waals surface area contributed by atoms with Crippen LogP contribution in [0.5, 0.6) is 0 Å². The van der Waals surface area contributed by atoms with Crippen molar-refractivity contribution in [2.24, 2.45) is 0 Å². The number of halogens is 2. The average molecular weight is 325 g/mol. The molecule has 3 N–H and O–H groups in total. The first-order chi connectivity index (χ1) is 10.1. The summed E-state index contributed by atoms with van der Waals surface area (Å²) < 4.78 is 0. The molecule has 2 amide bonds. The Balaban J connectivity index is 2.10. The zero-order chi connectivity index (χ0) is 15.2. The summed E-state index contributed by atoms with van der Waals surface area (Å²) in [4.78, 5) is 12.0. The number of para-hydroxylation sites is 1. The van der Waals surface area contributed by atoms with Crippen molar-refractivity contribution in [1.29, 1.82) is 0 Å². The van der Waals surface area contributed by atoms with Crippen molar-refractivity contribution < 1.29 is 9.90 Å². The number of carbonyl (C=O) groups is 1. The second kappa shape index (κ2) is 7.31. The van der Waals surface area contributed by atoms with Crippen LogP contribution in [0.2, 0.25) is 10.0 Å². The normalized spacial score (nSPS) is 10.2. The lowest BCUT2D eigenvalue weighted by Gasteiger charge is -2.12. The van der Waals surface area contributed by atoms with Crippen LogP contribution in [0.25, 0.3) is 0 Å². The van der Waals surface area contributed by atoms with Gasteiger partial charge in [-0.05, 0) is 30.2 Å². The lowest BCUT2D eigenvalue weighted by molar-refractivity contribution is 0.262. The van der Waals surface area contributed by atoms with Gasteiger partial charge in [-0.15, -0.1) is 0 Å². The smallest absolute Gasteiger partial charge is 0.323 e. The summed E-state index contributed by atoms with van der Waals surface area (Å²) in [7, 11) is 0. The molecule has 110 valence electrons. The molecule has 0 unspecified atom stereocenters. The second-order valence-electron chi connectivity index (χ2n) is 4.31. The summed E-state index contributed by atoms with van der Waals surface area (Å²) in [5.74, 6) is 0. The Bertz CT molecular complexity index is 647. The number of hydrogen-bond donors (Lipinski definition) is 3. The van der Waals surface area contributed by atoms with E-state index in [0.29, 0.717) is 22.8 Å². The number of aliphatic hydroxyl groups is 1. The van der Waals surface area contributed by atoms with Crippen molar-refractivity contribution in [3.05, 3.63) is 58.1 Å². The van der Waals surface area contributed by atoms with Gasteiger partial charge in [0, 0.05) is 12.3 Å². The number of benzene rings is 2. The van der Waals surface area contributed by atoms with Gasteiger partial charge in [-0.1, -0.05) is 47.5 Å². The highest BCUT2D eigenvalue weighted by molar-refractivity contribution is 6.44. The molecule has 0 bridgehead atoms. The van der Waals surface area contributed by atoms with E-state index in [9.17, 15) is 4.79 Å². The highest BCUT2D eigenvalue weighted by Crippen LogP contribution is 2.29. The number of anilines is 2. The van der Waals surface area contributed by atoms with Crippen molar-refractivity contribution in [3.63, 3.8) is 0 Å². The minimum atomic E-state index is -0.426. The molecule has 0 spiro atoms. The Hall–Kier alpha value is -1.75. The van der Waals surface area contributed by atoms with Crippen LogP contribution in [0.15, 0.2) is 42.5 Å². The molecular weight excluding hydrogens is 311 g/mol. The lowest BCUT2D eigenvalue weighted by atomic mass is 10.1. The maximum atomic E-state index is 12.0. The number of nitrogens with one attached hydrogen (secondary N) is 2. The molecule has 0 fully saturated rings. The first-order valence-electron chi connectivity index (χ1n) is 6.32. The predicted octanol–water partition coefficient (Wildman–Crippen LogP) is 4.17. The Morgan fingerprint density at radius 2 is 1.67 bits per heavy atom. The number of amides is 2. The highest BCUT2D eigenvalue weighted by atomic mass is 35.5. The number of aliphatic hydroxyl groups excluding tert-OH is 1. The topological polar surface area (TPSA) is 61.4 Å². The van der Waals surface area contributed by atoms with Gasteiger partial charge in [0.2, 0.25) is 0 Å². The third kappa shape index (κ3) is 4.11. The standard InChI is InChI=1S/C15H14Cl2N2O2/c16-11-5-3-7-13(14(11)17)19-15(21)18-12-6-2-1-4-10(12)8-9-20/h1-7,20H,8-9H2,(H2,18,19,21). The fraction of sp³-hybridized carbons (Fsp3) is 0.133. The van der Waals surface area contributed by atoms with E-state index < -0.39 is 6.03 Å². The molecule has 0 aliphatic heterocycles. The molecule has 0 aliphatic carbocycles. The summed E-state index contributed by atoms with van der Waals surface area (Å²) in [5.41, 5.74) is 1.93. The van der Waals surface area contributed by atoms with Crippen LogP contribution in [-0.2, 0) is 6.42 Å². The van der Waals surface area contributed by atoms with Crippen LogP contribution in [0.3, 0.4) is 0 Å². The van der Waals surface area contributed by atoms with Crippen LogP contribution in [-0.4, -0.2) is 17.7 Å². The molecule has 21 heavy (non-hydrogen) atoms. The Labute approximate surface area is 132 Å². The van der Waals surface area contributed by atoms with Crippen LogP contribution in [0.4, 0.5) is 16.2 Å². The van der Waals surface area contributed by atoms with Gasteiger partial charge < -0.3 is 15.7 Å². The van der Waals surface area contributed by atoms with Crippen molar-refractivity contribution in [1.82, 2.24) is 0 Å². The van der Waals surface area contributed by atoms with Crippen molar-refractivity contribution in [2.75, 3.05) is 17.2 Å². The maximum absolute atomic E-state index is 12.0. The SMILES string of the molecule is O=C(Nc1ccccc1CCO)Nc1cccc(Cl)c1Cl. The summed E-state index contributed by atoms with van der Waals surface area (Å²) in [6.45, 7) is 0.0143. The zero-order valence-corrected chi connectivity index (χ0v) is 12.6. The highest BCUT2D eigenvalue weighted by Gasteiger charge is 2.10. The summed E-state index contributed by atoms with van der Waals surface area (Å²) in [6, 6.07) is 11.8.